The number of ether oxygens (including phenoxy) is 1. The number of hydrogen-bond donors (Lipinski definition) is 1. The minimum atomic E-state index is -0.425. The predicted molar refractivity (Wildman–Crippen MR) is 65.0 cm³/mol. The Balaban J connectivity index is 2.59. The van der Waals surface area contributed by atoms with E-state index < -0.39 is 5.91 Å². The topological polar surface area (TPSA) is 70.1 Å². The van der Waals surface area contributed by atoms with Gasteiger partial charge in [0.1, 0.15) is 18.1 Å². The van der Waals surface area contributed by atoms with Crippen molar-refractivity contribution in [3.05, 3.63) is 24.0 Å². The lowest BCUT2D eigenvalue weighted by Gasteiger charge is -2.04. The zero-order chi connectivity index (χ0) is 12.4. The highest BCUT2D eigenvalue weighted by Crippen LogP contribution is 2.22. The molecule has 1 amide bonds. The smallest absolute Gasteiger partial charge is 0.237 e. The lowest BCUT2D eigenvalue weighted by atomic mass is 10.3. The Labute approximate surface area is 103 Å². The van der Waals surface area contributed by atoms with Crippen LogP contribution in [0.5, 0.6) is 5.75 Å². The number of nitrogens with zero attached hydrogens (tertiary/aromatic N) is 2. The molecule has 0 saturated carbocycles. The van der Waals surface area contributed by atoms with Gasteiger partial charge in [-0.2, -0.15) is 0 Å². The van der Waals surface area contributed by atoms with E-state index in [4.69, 9.17) is 22.1 Å². The van der Waals surface area contributed by atoms with Gasteiger partial charge in [0.25, 0.3) is 0 Å². The Kier molecular flexibility index (Phi) is 3.19. The number of nitrogens with two attached hydrogens (primary N) is 1. The summed E-state index contributed by atoms with van der Waals surface area (Å²) in [5, 5.41) is 0. The lowest BCUT2D eigenvalue weighted by molar-refractivity contribution is -0.118. The van der Waals surface area contributed by atoms with E-state index in [9.17, 15) is 4.79 Å². The number of carbonyl (C=O) groups excluding carboxylic acids is 1. The van der Waals surface area contributed by atoms with Crippen molar-refractivity contribution in [2.75, 3.05) is 7.11 Å². The van der Waals surface area contributed by atoms with E-state index in [2.05, 4.69) is 4.98 Å². The van der Waals surface area contributed by atoms with Crippen molar-refractivity contribution in [2.45, 2.75) is 12.4 Å². The predicted octanol–water partition coefficient (Wildman–Crippen LogP) is 1.27. The summed E-state index contributed by atoms with van der Waals surface area (Å²) in [4.78, 5) is 15.3. The molecular formula is C11H12ClN3O2. The highest BCUT2D eigenvalue weighted by molar-refractivity contribution is 6.16. The average Bonchev–Trinajstić information content (AvgIpc) is 2.65. The molecule has 2 aromatic rings. The van der Waals surface area contributed by atoms with Gasteiger partial charge >= 0.3 is 0 Å². The van der Waals surface area contributed by atoms with Gasteiger partial charge in [-0.3, -0.25) is 4.79 Å². The van der Waals surface area contributed by atoms with E-state index in [1.807, 2.05) is 6.07 Å². The maximum absolute atomic E-state index is 11.0. The quantitative estimate of drug-likeness (QED) is 0.834. The van der Waals surface area contributed by atoms with Gasteiger partial charge in [0.15, 0.2) is 0 Å². The van der Waals surface area contributed by atoms with Gasteiger partial charge in [0.05, 0.1) is 24.0 Å². The molecule has 2 N–H and O–H groups in total. The lowest BCUT2D eigenvalue weighted by Crippen LogP contribution is -2.19. The number of halogens is 1. The summed E-state index contributed by atoms with van der Waals surface area (Å²) in [6.07, 6.45) is 0. The van der Waals surface area contributed by atoms with Crippen LogP contribution in [0.25, 0.3) is 11.0 Å². The average molecular weight is 254 g/mol. The zero-order valence-electron chi connectivity index (χ0n) is 9.31. The Morgan fingerprint density at radius 2 is 2.35 bits per heavy atom. The number of aromatic nitrogens is 2. The van der Waals surface area contributed by atoms with E-state index in [-0.39, 0.29) is 12.4 Å². The molecule has 0 atom stereocenters. The Morgan fingerprint density at radius 3 is 2.94 bits per heavy atom. The molecule has 90 valence electrons. The Bertz CT molecular complexity index is 565. The van der Waals surface area contributed by atoms with Crippen LogP contribution in [0.3, 0.4) is 0 Å². The van der Waals surface area contributed by atoms with Crippen LogP contribution in [0.1, 0.15) is 5.82 Å². The van der Waals surface area contributed by atoms with Crippen LogP contribution in [-0.4, -0.2) is 22.6 Å². The monoisotopic (exact) mass is 253 g/mol. The van der Waals surface area contributed by atoms with Crippen LogP contribution < -0.4 is 10.5 Å². The second-order valence-corrected chi connectivity index (χ2v) is 3.84. The standard InChI is InChI=1S/C11H12ClN3O2/c1-17-7-2-3-9-8(4-7)14-11(5-12)15(9)6-10(13)16/h2-4H,5-6H2,1H3,(H2,13,16). The van der Waals surface area contributed by atoms with Gasteiger partial charge < -0.3 is 15.0 Å². The third kappa shape index (κ3) is 2.19. The molecule has 6 heteroatoms. The highest BCUT2D eigenvalue weighted by Gasteiger charge is 2.12. The number of benzene rings is 1. The second-order valence-electron chi connectivity index (χ2n) is 3.57. The summed E-state index contributed by atoms with van der Waals surface area (Å²) in [7, 11) is 1.59. The molecule has 5 nitrogen and oxygen atoms in total. The van der Waals surface area contributed by atoms with E-state index in [0.717, 1.165) is 11.0 Å². The molecule has 0 unspecified atom stereocenters. The maximum Gasteiger partial charge on any atom is 0.237 e. The number of primary amides is 1. The van der Waals surface area contributed by atoms with Crippen LogP contribution in [0.2, 0.25) is 0 Å². The van der Waals surface area contributed by atoms with Crippen molar-refractivity contribution in [3.63, 3.8) is 0 Å². The van der Waals surface area contributed by atoms with Gasteiger partial charge in [0, 0.05) is 6.07 Å². The van der Waals surface area contributed by atoms with Crippen LogP contribution in [0, 0.1) is 0 Å². The van der Waals surface area contributed by atoms with Crippen LogP contribution in [0.15, 0.2) is 18.2 Å². The van der Waals surface area contributed by atoms with E-state index in [1.165, 1.54) is 0 Å². The van der Waals surface area contributed by atoms with E-state index in [1.54, 1.807) is 23.8 Å². The molecule has 1 heterocycles. The van der Waals surface area contributed by atoms with E-state index in [0.29, 0.717) is 11.6 Å². The van der Waals surface area contributed by atoms with Crippen molar-refractivity contribution < 1.29 is 9.53 Å². The summed E-state index contributed by atoms with van der Waals surface area (Å²) in [5.74, 6) is 1.13. The molecule has 1 aromatic heterocycles. The molecule has 0 aliphatic rings. The first-order chi connectivity index (χ1) is 8.15. The molecular weight excluding hydrogens is 242 g/mol. The number of fused-ring (bicyclic) bond motifs is 1. The number of carbonyl (C=O) groups is 1. The normalized spacial score (nSPS) is 10.7. The molecule has 0 fully saturated rings. The van der Waals surface area contributed by atoms with Crippen molar-refractivity contribution in [3.8, 4) is 5.75 Å². The molecule has 2 rings (SSSR count). The van der Waals surface area contributed by atoms with Gasteiger partial charge in [0.2, 0.25) is 5.91 Å². The highest BCUT2D eigenvalue weighted by atomic mass is 35.5. The number of alkyl halides is 1. The van der Waals surface area contributed by atoms with Crippen molar-refractivity contribution in [1.82, 2.24) is 9.55 Å². The first-order valence-corrected chi connectivity index (χ1v) is 5.56. The minimum absolute atomic E-state index is 0.0743. The maximum atomic E-state index is 11.0. The summed E-state index contributed by atoms with van der Waals surface area (Å²) >= 11 is 5.79. The molecule has 1 aromatic carbocycles. The number of methoxy groups -OCH3 is 1. The van der Waals surface area contributed by atoms with Crippen LogP contribution in [-0.2, 0) is 17.2 Å². The number of rotatable bonds is 4. The van der Waals surface area contributed by atoms with Crippen molar-refractivity contribution >= 4 is 28.5 Å². The first-order valence-electron chi connectivity index (χ1n) is 5.03. The molecule has 0 radical (unpaired) electrons. The van der Waals surface area contributed by atoms with Gasteiger partial charge in [-0.05, 0) is 12.1 Å². The summed E-state index contributed by atoms with van der Waals surface area (Å²) in [6, 6.07) is 5.43. The third-order valence-corrected chi connectivity index (χ3v) is 2.71. The van der Waals surface area contributed by atoms with Crippen molar-refractivity contribution in [1.29, 1.82) is 0 Å². The number of amides is 1. The molecule has 17 heavy (non-hydrogen) atoms. The number of hydrogen-bond acceptors (Lipinski definition) is 3. The third-order valence-electron chi connectivity index (χ3n) is 2.47. The summed E-state index contributed by atoms with van der Waals surface area (Å²) in [5.41, 5.74) is 6.76. The molecule has 0 spiro atoms. The van der Waals surface area contributed by atoms with Crippen molar-refractivity contribution in [2.24, 2.45) is 5.73 Å². The minimum Gasteiger partial charge on any atom is -0.497 e. The summed E-state index contributed by atoms with van der Waals surface area (Å²) < 4.78 is 6.82. The Morgan fingerprint density at radius 1 is 1.59 bits per heavy atom. The molecule has 0 aliphatic heterocycles. The fourth-order valence-corrected chi connectivity index (χ4v) is 1.92. The van der Waals surface area contributed by atoms with E-state index >= 15 is 0 Å². The van der Waals surface area contributed by atoms with Gasteiger partial charge in [-0.1, -0.05) is 0 Å². The van der Waals surface area contributed by atoms with Crippen LogP contribution >= 0.6 is 11.6 Å². The molecule has 0 aliphatic carbocycles. The zero-order valence-corrected chi connectivity index (χ0v) is 10.1. The van der Waals surface area contributed by atoms with Gasteiger partial charge in [-0.15, -0.1) is 11.6 Å². The Hall–Kier alpha value is -1.75. The molecule has 0 bridgehead atoms. The van der Waals surface area contributed by atoms with Gasteiger partial charge in [-0.25, -0.2) is 4.98 Å². The SMILES string of the molecule is COc1ccc2c(c1)nc(CCl)n2CC(N)=O. The first kappa shape index (κ1) is 11.7. The summed E-state index contributed by atoms with van der Waals surface area (Å²) in [6.45, 7) is 0.0743. The fourth-order valence-electron chi connectivity index (χ4n) is 1.72. The second kappa shape index (κ2) is 4.63. The largest absolute Gasteiger partial charge is 0.497 e. The molecule has 0 saturated heterocycles. The number of imidazole rings is 1. The van der Waals surface area contributed by atoms with Crippen LogP contribution in [0.4, 0.5) is 0 Å². The fraction of sp³-hybridized carbons (Fsp3) is 0.273.